The third kappa shape index (κ3) is 26.8. The Kier molecular flexibility index (Phi) is 31.9. The number of carbonyl (C=O) groups excluding carboxylic acids is 2. The molecule has 1 rings (SSSR count). The Hall–Kier alpha value is -1.88. The van der Waals surface area contributed by atoms with Gasteiger partial charge in [0, 0.05) is 25.9 Å². The summed E-state index contributed by atoms with van der Waals surface area (Å²) in [6.45, 7) is 6.96. The topological polar surface area (TPSA) is 49.4 Å². The Morgan fingerprint density at radius 2 is 1.00 bits per heavy atom. The molecule has 0 aliphatic heterocycles. The van der Waals surface area contributed by atoms with Crippen LogP contribution in [0.2, 0.25) is 0 Å². The average Bonchev–Trinajstić information content (AvgIpc) is 3.15. The Morgan fingerprint density at radius 3 is 1.54 bits per heavy atom. The van der Waals surface area contributed by atoms with Crippen molar-refractivity contribution in [2.24, 2.45) is 0 Å². The van der Waals surface area contributed by atoms with Gasteiger partial charge in [0.15, 0.2) is 0 Å². The summed E-state index contributed by atoms with van der Waals surface area (Å²) < 4.78 is 0.877. The molecule has 54 heavy (non-hydrogen) atoms. The van der Waals surface area contributed by atoms with Crippen molar-refractivity contribution >= 4 is 11.8 Å². The van der Waals surface area contributed by atoms with Crippen molar-refractivity contribution in [1.29, 1.82) is 0 Å². The number of hydrogen-bond acceptors (Lipinski definition) is 2. The van der Waals surface area contributed by atoms with E-state index in [1.165, 1.54) is 128 Å². The fourth-order valence-electron chi connectivity index (χ4n) is 8.00. The minimum absolute atomic E-state index is 0.119. The van der Waals surface area contributed by atoms with E-state index in [-0.39, 0.29) is 11.8 Å². The molecule has 0 aromatic heterocycles. The number of unbranched alkanes of at least 4 members (excludes halogenated alkanes) is 20. The van der Waals surface area contributed by atoms with Gasteiger partial charge in [-0.2, -0.15) is 0 Å². The monoisotopic (exact) mass is 755 g/mol. The molecule has 1 aliphatic carbocycles. The summed E-state index contributed by atoms with van der Waals surface area (Å²) in [5.41, 5.74) is -0.667. The summed E-state index contributed by atoms with van der Waals surface area (Å²) in [5.74, 6) is 0.324. The van der Waals surface area contributed by atoms with Crippen LogP contribution in [-0.2, 0) is 9.59 Å². The maximum Gasteiger partial charge on any atom is 0.245 e. The molecule has 0 aromatic rings. The van der Waals surface area contributed by atoms with Crippen molar-refractivity contribution in [3.05, 3.63) is 36.5 Å². The lowest BCUT2D eigenvalue weighted by Crippen LogP contribution is -2.62. The first-order valence-corrected chi connectivity index (χ1v) is 23.6. The average molecular weight is 755 g/mol. The van der Waals surface area contributed by atoms with Gasteiger partial charge in [0.25, 0.3) is 0 Å². The van der Waals surface area contributed by atoms with Crippen molar-refractivity contribution in [2.45, 2.75) is 225 Å². The lowest BCUT2D eigenvalue weighted by Gasteiger charge is -2.45. The molecule has 1 fully saturated rings. The normalized spacial score (nSPS) is 14.8. The smallest absolute Gasteiger partial charge is 0.245 e. The maximum absolute atomic E-state index is 14.1. The molecule has 5 heteroatoms. The first-order chi connectivity index (χ1) is 26.3. The zero-order chi connectivity index (χ0) is 39.4. The van der Waals surface area contributed by atoms with Crippen molar-refractivity contribution in [2.75, 3.05) is 40.8 Å². The molecular weight excluding hydrogens is 663 g/mol. The van der Waals surface area contributed by atoms with Crippen LogP contribution in [0.1, 0.15) is 219 Å². The number of nitrogens with zero attached hydrogens (tertiary/aromatic N) is 2. The highest BCUT2D eigenvalue weighted by Crippen LogP contribution is 2.35. The first-order valence-electron chi connectivity index (χ1n) is 23.6. The standard InChI is InChI=1S/C49H91N3O2/c1-6-8-10-12-14-16-18-20-22-24-26-28-30-32-34-39-44-50-48(54)49(42-37-35-38-43-49)51(45-40-46-52(3,4)5)47(53)41-36-33-31-29-27-25-23-21-19-17-15-13-11-9-7-2/h15,17,20-23H,6-14,16,18-19,24-46H2,1-5H3/p+1/b17-15-,22-20-,23-21-. The van der Waals surface area contributed by atoms with Crippen LogP contribution in [0.15, 0.2) is 36.5 Å². The number of amides is 2. The lowest BCUT2D eigenvalue weighted by atomic mass is 9.78. The highest BCUT2D eigenvalue weighted by molar-refractivity contribution is 5.91. The highest BCUT2D eigenvalue weighted by Gasteiger charge is 2.46. The molecule has 5 nitrogen and oxygen atoms in total. The number of quaternary nitrogens is 1. The van der Waals surface area contributed by atoms with Gasteiger partial charge in [-0.1, -0.05) is 159 Å². The van der Waals surface area contributed by atoms with Crippen LogP contribution in [0.4, 0.5) is 0 Å². The molecule has 0 saturated heterocycles. The third-order valence-electron chi connectivity index (χ3n) is 11.4. The lowest BCUT2D eigenvalue weighted by molar-refractivity contribution is -0.870. The van der Waals surface area contributed by atoms with Gasteiger partial charge in [0.1, 0.15) is 5.54 Å². The van der Waals surface area contributed by atoms with Gasteiger partial charge in [0.2, 0.25) is 11.8 Å². The predicted octanol–water partition coefficient (Wildman–Crippen LogP) is 13.6. The Labute approximate surface area is 337 Å². The molecule has 0 heterocycles. The SMILES string of the molecule is CCCCC/C=C\C/C=C\CCCCCCCC(=O)N(CCC[N+](C)(C)C)C1(C(=O)NCCCCCCCC/C=C\CCCCCCCC)CCCCC1. The molecule has 0 aromatic carbocycles. The van der Waals surface area contributed by atoms with Gasteiger partial charge >= 0.3 is 0 Å². The van der Waals surface area contributed by atoms with Gasteiger partial charge in [0.05, 0.1) is 27.7 Å². The first kappa shape index (κ1) is 50.1. The zero-order valence-electron chi connectivity index (χ0n) is 36.9. The Balaban J connectivity index is 2.45. The fourth-order valence-corrected chi connectivity index (χ4v) is 8.00. The summed E-state index contributed by atoms with van der Waals surface area (Å²) in [6, 6.07) is 0. The molecule has 0 radical (unpaired) electrons. The molecule has 0 bridgehead atoms. The van der Waals surface area contributed by atoms with E-state index in [9.17, 15) is 9.59 Å². The van der Waals surface area contributed by atoms with Crippen molar-refractivity contribution in [3.63, 3.8) is 0 Å². The van der Waals surface area contributed by atoms with Gasteiger partial charge in [-0.3, -0.25) is 9.59 Å². The second-order valence-corrected chi connectivity index (χ2v) is 17.7. The molecule has 0 atom stereocenters. The van der Waals surface area contributed by atoms with E-state index in [2.05, 4.69) is 81.7 Å². The van der Waals surface area contributed by atoms with Crippen LogP contribution < -0.4 is 5.32 Å². The molecule has 1 N–H and O–H groups in total. The van der Waals surface area contributed by atoms with Gasteiger partial charge < -0.3 is 14.7 Å². The van der Waals surface area contributed by atoms with Crippen molar-refractivity contribution in [1.82, 2.24) is 10.2 Å². The summed E-state index contributed by atoms with van der Waals surface area (Å²) in [7, 11) is 6.65. The van der Waals surface area contributed by atoms with E-state index in [1.54, 1.807) is 0 Å². The van der Waals surface area contributed by atoms with Crippen molar-refractivity contribution in [3.8, 4) is 0 Å². The zero-order valence-corrected chi connectivity index (χ0v) is 36.9. The fraction of sp³-hybridized carbons (Fsp3) is 0.837. The van der Waals surface area contributed by atoms with Gasteiger partial charge in [-0.15, -0.1) is 0 Å². The molecular formula is C49H92N3O2+. The van der Waals surface area contributed by atoms with E-state index < -0.39 is 5.54 Å². The van der Waals surface area contributed by atoms with E-state index in [0.29, 0.717) is 13.0 Å². The largest absolute Gasteiger partial charge is 0.354 e. The number of allylic oxidation sites excluding steroid dienone is 6. The van der Waals surface area contributed by atoms with Crippen LogP contribution in [0.5, 0.6) is 0 Å². The molecule has 0 unspecified atom stereocenters. The van der Waals surface area contributed by atoms with E-state index >= 15 is 0 Å². The van der Waals surface area contributed by atoms with Crippen LogP contribution >= 0.6 is 0 Å². The number of nitrogens with one attached hydrogen (secondary N) is 1. The third-order valence-corrected chi connectivity index (χ3v) is 11.4. The molecule has 314 valence electrons. The number of carbonyl (C=O) groups is 2. The number of hydrogen-bond donors (Lipinski definition) is 1. The summed E-state index contributed by atoms with van der Waals surface area (Å²) in [6.07, 6.45) is 51.5. The van der Waals surface area contributed by atoms with E-state index in [0.717, 1.165) is 88.2 Å². The predicted molar refractivity (Wildman–Crippen MR) is 237 cm³/mol. The van der Waals surface area contributed by atoms with Crippen LogP contribution in [-0.4, -0.2) is 67.5 Å². The highest BCUT2D eigenvalue weighted by atomic mass is 16.2. The second kappa shape index (κ2) is 34.4. The molecule has 1 aliphatic rings. The Morgan fingerprint density at radius 1 is 0.556 bits per heavy atom. The van der Waals surface area contributed by atoms with Gasteiger partial charge in [-0.25, -0.2) is 0 Å². The van der Waals surface area contributed by atoms with Crippen molar-refractivity contribution < 1.29 is 14.1 Å². The second-order valence-electron chi connectivity index (χ2n) is 17.7. The summed E-state index contributed by atoms with van der Waals surface area (Å²) >= 11 is 0. The van der Waals surface area contributed by atoms with Crippen LogP contribution in [0, 0.1) is 0 Å². The Bertz CT molecular complexity index is 972. The molecule has 1 saturated carbocycles. The quantitative estimate of drug-likeness (QED) is 0.0393. The number of rotatable bonds is 36. The van der Waals surface area contributed by atoms with E-state index in [1.807, 2.05) is 0 Å². The summed E-state index contributed by atoms with van der Waals surface area (Å²) in [4.78, 5) is 30.1. The minimum atomic E-state index is -0.667. The minimum Gasteiger partial charge on any atom is -0.354 e. The van der Waals surface area contributed by atoms with Gasteiger partial charge in [-0.05, 0) is 83.5 Å². The molecule has 2 amide bonds. The van der Waals surface area contributed by atoms with E-state index in [4.69, 9.17) is 0 Å². The summed E-state index contributed by atoms with van der Waals surface area (Å²) in [5, 5.41) is 3.35. The maximum atomic E-state index is 14.1. The van der Waals surface area contributed by atoms with Crippen LogP contribution in [0.3, 0.4) is 0 Å². The molecule has 0 spiro atoms. The van der Waals surface area contributed by atoms with Crippen LogP contribution in [0.25, 0.3) is 0 Å².